The van der Waals surface area contributed by atoms with E-state index in [2.05, 4.69) is 71.1 Å². The number of aliphatic imine (C=N–C) groups is 2. The molecule has 1 aromatic heterocycles. The van der Waals surface area contributed by atoms with Crippen LogP contribution in [0.15, 0.2) is 58.5 Å². The maximum Gasteiger partial charge on any atom is 3.00 e. The van der Waals surface area contributed by atoms with E-state index in [-0.39, 0.29) is 24.5 Å². The molecule has 0 aliphatic rings. The van der Waals surface area contributed by atoms with Crippen LogP contribution in [0.4, 0.5) is 24.5 Å². The van der Waals surface area contributed by atoms with Crippen molar-refractivity contribution in [3.63, 3.8) is 0 Å². The van der Waals surface area contributed by atoms with Gasteiger partial charge >= 0.3 is 23.4 Å². The Kier molecular flexibility index (Phi) is 13.7. The second-order valence-corrected chi connectivity index (χ2v) is 7.60. The van der Waals surface area contributed by atoms with Gasteiger partial charge in [0.05, 0.1) is 22.7 Å². The van der Waals surface area contributed by atoms with Gasteiger partial charge in [0.15, 0.2) is 0 Å². The maximum atomic E-state index is 10.7. The van der Waals surface area contributed by atoms with E-state index in [1.54, 1.807) is 0 Å². The van der Waals surface area contributed by atoms with Gasteiger partial charge in [-0.05, 0) is 49.9 Å². The molecule has 0 aliphatic carbocycles. The van der Waals surface area contributed by atoms with E-state index in [0.717, 1.165) is 22.8 Å². The number of hydrogen-bond acceptors (Lipinski definition) is 5. The summed E-state index contributed by atoms with van der Waals surface area (Å²) in [6.07, 6.45) is -1.47. The largest absolute Gasteiger partial charge is 3.00 e. The Morgan fingerprint density at radius 3 is 1.43 bits per heavy atom. The summed E-state index contributed by atoms with van der Waals surface area (Å²) in [5.41, 5.74) is 8.36. The zero-order chi connectivity index (χ0) is 24.6. The number of para-hydroxylation sites is 2. The first-order valence-corrected chi connectivity index (χ1v) is 10.7. The maximum absolute atomic E-state index is 10.7. The molecule has 1 heterocycles. The number of halogens is 3. The molecule has 3 aromatic rings. The second-order valence-electron chi connectivity index (χ2n) is 7.03. The monoisotopic (exact) mass is 548 g/mol. The van der Waals surface area contributed by atoms with E-state index >= 15 is 0 Å². The summed E-state index contributed by atoms with van der Waals surface area (Å²) in [7, 11) is 0. The quantitative estimate of drug-likeness (QED) is 0.166. The van der Waals surface area contributed by atoms with Crippen LogP contribution in [0.1, 0.15) is 33.6 Å². The van der Waals surface area contributed by atoms with E-state index < -0.39 is 17.7 Å². The van der Waals surface area contributed by atoms with Gasteiger partial charge < -0.3 is 17.0 Å². The Morgan fingerprint density at radius 2 is 1.17 bits per heavy atom. The molecule has 2 aromatic carbocycles. The topological polar surface area (TPSA) is 88.2 Å². The number of benzene rings is 2. The Hall–Kier alpha value is -2.56. The average molecular weight is 548 g/mol. The molecule has 11 heteroatoms. The molecule has 1 atom stereocenters. The standard InChI is InChI=1S/C22H22N3.CHF3O3S.CH3.Fe/c1-15-7-5-8-16(2)21(15)23-13-19-11-12-20(25-19)14-24-22-17(3)9-6-10-18(22)4;2-1(3,4)7-8(5)6;;/h5-14H,1-4H3;(H,5,6);1H3;/q-1;;-1;+3/p-1. The van der Waals surface area contributed by atoms with E-state index in [9.17, 15) is 13.2 Å². The minimum atomic E-state index is -5.09. The summed E-state index contributed by atoms with van der Waals surface area (Å²) in [4.78, 5) is 13.8. The van der Waals surface area contributed by atoms with Crippen molar-refractivity contribution in [2.75, 3.05) is 0 Å². The molecule has 0 saturated heterocycles. The Morgan fingerprint density at radius 1 is 0.829 bits per heavy atom. The van der Waals surface area contributed by atoms with Crippen LogP contribution in [0.2, 0.25) is 0 Å². The molecular weight excluding hydrogens is 523 g/mol. The summed E-state index contributed by atoms with van der Waals surface area (Å²) in [6, 6.07) is 16.3. The van der Waals surface area contributed by atoms with Crippen molar-refractivity contribution in [2.45, 2.75) is 34.1 Å². The molecule has 6 nitrogen and oxygen atoms in total. The van der Waals surface area contributed by atoms with Crippen molar-refractivity contribution in [2.24, 2.45) is 9.98 Å². The first kappa shape index (κ1) is 32.4. The first-order chi connectivity index (χ1) is 15.5. The molecule has 189 valence electrons. The van der Waals surface area contributed by atoms with Crippen molar-refractivity contribution in [1.29, 1.82) is 0 Å². The van der Waals surface area contributed by atoms with Crippen molar-refractivity contribution in [3.8, 4) is 0 Å². The summed E-state index contributed by atoms with van der Waals surface area (Å²) in [5.74, 6) is 0. The van der Waals surface area contributed by atoms with E-state index in [1.165, 1.54) is 22.3 Å². The molecule has 0 N–H and O–H groups in total. The Bertz CT molecular complexity index is 1060. The van der Waals surface area contributed by atoms with Crippen molar-refractivity contribution >= 4 is 35.2 Å². The van der Waals surface area contributed by atoms with Gasteiger partial charge in [0.2, 0.25) is 0 Å². The number of nitrogens with zero attached hydrogens (tertiary/aromatic N) is 3. The van der Waals surface area contributed by atoms with Gasteiger partial charge in [-0.25, -0.2) is 8.39 Å². The van der Waals surface area contributed by atoms with Gasteiger partial charge in [-0.3, -0.25) is 9.98 Å². The molecular formula is C24H25F3FeN3O3S. The number of rotatable bonds is 5. The third-order valence-electron chi connectivity index (χ3n) is 4.38. The zero-order valence-corrected chi connectivity index (χ0v) is 21.7. The van der Waals surface area contributed by atoms with Gasteiger partial charge in [0.25, 0.3) is 0 Å². The SMILES string of the molecule is Cc1cccc(C)c1N=Cc1ccc(C=Nc2c(C)cccc2C)[n-]1.O=S([O-])OC(F)(F)F.[CH3-].[Fe+3]. The predicted octanol–water partition coefficient (Wildman–Crippen LogP) is 6.14. The summed E-state index contributed by atoms with van der Waals surface area (Å²) < 4.78 is 52.6. The number of alkyl halides is 3. The van der Waals surface area contributed by atoms with Crippen LogP contribution in [0.25, 0.3) is 0 Å². The smallest absolute Gasteiger partial charge is 0.750 e. The zero-order valence-electron chi connectivity index (χ0n) is 19.7. The van der Waals surface area contributed by atoms with Gasteiger partial charge in [-0.15, -0.1) is 24.6 Å². The fraction of sp³-hybridized carbons (Fsp3) is 0.208. The summed E-state index contributed by atoms with van der Waals surface area (Å²) in [6.45, 7) is 8.28. The van der Waals surface area contributed by atoms with Gasteiger partial charge in [-0.2, -0.15) is 0 Å². The van der Waals surface area contributed by atoms with Gasteiger partial charge in [0.1, 0.15) is 0 Å². The van der Waals surface area contributed by atoms with Crippen molar-refractivity contribution < 1.29 is 43.2 Å². The van der Waals surface area contributed by atoms with Crippen LogP contribution in [0, 0.1) is 35.1 Å². The van der Waals surface area contributed by atoms with Crippen LogP contribution in [-0.4, -0.2) is 27.6 Å². The molecule has 35 heavy (non-hydrogen) atoms. The summed E-state index contributed by atoms with van der Waals surface area (Å²) in [5, 5.41) is 0. The Balaban J connectivity index is 0.00000101. The summed E-state index contributed by atoms with van der Waals surface area (Å²) >= 11 is -3.51. The average Bonchev–Trinajstić information content (AvgIpc) is 3.13. The number of aromatic nitrogens is 1. The van der Waals surface area contributed by atoms with Crippen molar-refractivity contribution in [3.05, 3.63) is 89.6 Å². The van der Waals surface area contributed by atoms with Gasteiger partial charge in [0, 0.05) is 12.4 Å². The fourth-order valence-corrected chi connectivity index (χ4v) is 3.05. The molecule has 0 bridgehead atoms. The van der Waals surface area contributed by atoms with E-state index in [4.69, 9.17) is 8.76 Å². The van der Waals surface area contributed by atoms with Crippen LogP contribution in [0.3, 0.4) is 0 Å². The molecule has 0 amide bonds. The van der Waals surface area contributed by atoms with Crippen LogP contribution in [-0.2, 0) is 32.6 Å². The van der Waals surface area contributed by atoms with Crippen molar-refractivity contribution in [1.82, 2.24) is 4.98 Å². The number of aryl methyl sites for hydroxylation is 4. The molecule has 0 fully saturated rings. The minimum absolute atomic E-state index is 0. The van der Waals surface area contributed by atoms with E-state index in [0.29, 0.717) is 0 Å². The third kappa shape index (κ3) is 11.1. The molecule has 3 rings (SSSR count). The molecule has 0 aliphatic heterocycles. The number of hydrogen-bond donors (Lipinski definition) is 0. The van der Waals surface area contributed by atoms with E-state index in [1.807, 2.05) is 36.7 Å². The minimum Gasteiger partial charge on any atom is -0.750 e. The predicted molar refractivity (Wildman–Crippen MR) is 129 cm³/mol. The molecule has 1 unspecified atom stereocenters. The fourth-order valence-electron chi connectivity index (χ4n) is 2.90. The van der Waals surface area contributed by atoms with Crippen LogP contribution >= 0.6 is 0 Å². The first-order valence-electron chi connectivity index (χ1n) is 9.66. The van der Waals surface area contributed by atoms with Crippen LogP contribution < -0.4 is 4.98 Å². The second kappa shape index (κ2) is 14.8. The Labute approximate surface area is 216 Å². The van der Waals surface area contributed by atoms with Crippen LogP contribution in [0.5, 0.6) is 0 Å². The molecule has 0 spiro atoms. The molecule has 1 radical (unpaired) electrons. The molecule has 0 saturated carbocycles. The third-order valence-corrected chi connectivity index (χ3v) is 4.70. The normalized spacial score (nSPS) is 12.0. The van der Waals surface area contributed by atoms with Gasteiger partial charge in [-0.1, -0.05) is 48.5 Å².